The zero-order valence-electron chi connectivity index (χ0n) is 11.1. The summed E-state index contributed by atoms with van der Waals surface area (Å²) in [4.78, 5) is 25.0. The quantitative estimate of drug-likeness (QED) is 0.899. The second-order valence-corrected chi connectivity index (χ2v) is 5.34. The standard InChI is InChI=1S/C13H14FN3O2S/c1-16-9(18)6-17(2)13(19)12-11(15)10-7(14)4-3-5-8(10)20-12/h3-5H,6,15H2,1-2H3,(H,16,18). The molecule has 7 heteroatoms. The number of benzene rings is 1. The van der Waals surface area contributed by atoms with E-state index in [1.54, 1.807) is 12.1 Å². The van der Waals surface area contributed by atoms with Gasteiger partial charge in [-0.15, -0.1) is 11.3 Å². The fourth-order valence-corrected chi connectivity index (χ4v) is 2.96. The van der Waals surface area contributed by atoms with Crippen molar-refractivity contribution in [3.63, 3.8) is 0 Å². The molecule has 3 N–H and O–H groups in total. The maximum absolute atomic E-state index is 13.7. The van der Waals surface area contributed by atoms with Crippen molar-refractivity contribution in [2.24, 2.45) is 0 Å². The van der Waals surface area contributed by atoms with Crippen LogP contribution in [-0.2, 0) is 4.79 Å². The number of hydrogen-bond donors (Lipinski definition) is 2. The Hall–Kier alpha value is -2.15. The van der Waals surface area contributed by atoms with E-state index in [0.717, 1.165) is 11.3 Å². The van der Waals surface area contributed by atoms with E-state index in [0.29, 0.717) is 4.70 Å². The molecule has 0 unspecified atom stereocenters. The summed E-state index contributed by atoms with van der Waals surface area (Å²) in [6.45, 7) is -0.0779. The molecule has 0 radical (unpaired) electrons. The second kappa shape index (κ2) is 5.46. The average molecular weight is 295 g/mol. The van der Waals surface area contributed by atoms with Crippen molar-refractivity contribution in [3.8, 4) is 0 Å². The lowest BCUT2D eigenvalue weighted by Crippen LogP contribution is -2.36. The zero-order valence-corrected chi connectivity index (χ0v) is 11.9. The summed E-state index contributed by atoms with van der Waals surface area (Å²) in [6, 6.07) is 4.57. The Labute approximate surface area is 119 Å². The molecule has 0 atom stereocenters. The van der Waals surface area contributed by atoms with Gasteiger partial charge in [0.2, 0.25) is 5.91 Å². The molecule has 0 aliphatic rings. The van der Waals surface area contributed by atoms with E-state index in [9.17, 15) is 14.0 Å². The van der Waals surface area contributed by atoms with Gasteiger partial charge < -0.3 is 16.0 Å². The first kappa shape index (κ1) is 14.3. The van der Waals surface area contributed by atoms with Crippen LogP contribution in [0.15, 0.2) is 18.2 Å². The number of nitrogen functional groups attached to an aromatic ring is 1. The van der Waals surface area contributed by atoms with Gasteiger partial charge in [-0.3, -0.25) is 9.59 Å². The largest absolute Gasteiger partial charge is 0.397 e. The fourth-order valence-electron chi connectivity index (χ4n) is 1.83. The van der Waals surface area contributed by atoms with Crippen molar-refractivity contribution in [1.82, 2.24) is 10.2 Å². The monoisotopic (exact) mass is 295 g/mol. The number of fused-ring (bicyclic) bond motifs is 1. The number of thiophene rings is 1. The number of likely N-dealkylation sites (N-methyl/N-ethyl adjacent to an activating group) is 2. The summed E-state index contributed by atoms with van der Waals surface area (Å²) in [5.74, 6) is -1.14. The Morgan fingerprint density at radius 1 is 1.45 bits per heavy atom. The highest BCUT2D eigenvalue weighted by Gasteiger charge is 2.22. The van der Waals surface area contributed by atoms with E-state index < -0.39 is 11.7 Å². The van der Waals surface area contributed by atoms with E-state index in [1.807, 2.05) is 0 Å². The minimum atomic E-state index is -0.454. The van der Waals surface area contributed by atoms with Crippen molar-refractivity contribution in [1.29, 1.82) is 0 Å². The SMILES string of the molecule is CNC(=O)CN(C)C(=O)c1sc2cccc(F)c2c1N. The smallest absolute Gasteiger partial charge is 0.266 e. The first-order valence-electron chi connectivity index (χ1n) is 5.88. The normalized spacial score (nSPS) is 10.6. The van der Waals surface area contributed by atoms with Gasteiger partial charge in [0, 0.05) is 18.8 Å². The molecular weight excluding hydrogens is 281 g/mol. The molecule has 106 valence electrons. The van der Waals surface area contributed by atoms with Gasteiger partial charge in [-0.25, -0.2) is 4.39 Å². The van der Waals surface area contributed by atoms with Gasteiger partial charge in [-0.05, 0) is 12.1 Å². The first-order valence-corrected chi connectivity index (χ1v) is 6.70. The average Bonchev–Trinajstić information content (AvgIpc) is 2.76. The third-order valence-corrected chi connectivity index (χ3v) is 4.06. The third-order valence-electron chi connectivity index (χ3n) is 2.90. The van der Waals surface area contributed by atoms with E-state index in [1.165, 1.54) is 25.1 Å². The number of carbonyl (C=O) groups is 2. The van der Waals surface area contributed by atoms with Gasteiger partial charge in [0.25, 0.3) is 5.91 Å². The lowest BCUT2D eigenvalue weighted by molar-refractivity contribution is -0.121. The Bertz CT molecular complexity index is 684. The van der Waals surface area contributed by atoms with Crippen LogP contribution in [0.4, 0.5) is 10.1 Å². The van der Waals surface area contributed by atoms with Crippen molar-refractivity contribution in [3.05, 3.63) is 28.9 Å². The predicted molar refractivity (Wildman–Crippen MR) is 77.2 cm³/mol. The molecule has 0 aliphatic heterocycles. The highest BCUT2D eigenvalue weighted by Crippen LogP contribution is 2.35. The van der Waals surface area contributed by atoms with Crippen LogP contribution in [0, 0.1) is 5.82 Å². The number of nitrogens with one attached hydrogen (secondary N) is 1. The van der Waals surface area contributed by atoms with Crippen molar-refractivity contribution in [2.45, 2.75) is 0 Å². The van der Waals surface area contributed by atoms with E-state index in [2.05, 4.69) is 5.32 Å². The van der Waals surface area contributed by atoms with Crippen LogP contribution >= 0.6 is 11.3 Å². The number of hydrogen-bond acceptors (Lipinski definition) is 4. The summed E-state index contributed by atoms with van der Waals surface area (Å²) in [5, 5.41) is 2.69. The molecule has 2 amide bonds. The molecule has 2 aromatic rings. The van der Waals surface area contributed by atoms with Gasteiger partial charge in [-0.1, -0.05) is 6.07 Å². The Balaban J connectivity index is 2.38. The number of anilines is 1. The lowest BCUT2D eigenvalue weighted by atomic mass is 10.2. The molecule has 0 bridgehead atoms. The Morgan fingerprint density at radius 2 is 2.15 bits per heavy atom. The van der Waals surface area contributed by atoms with Crippen LogP contribution in [0.1, 0.15) is 9.67 Å². The fraction of sp³-hybridized carbons (Fsp3) is 0.231. The van der Waals surface area contributed by atoms with Crippen LogP contribution in [0.5, 0.6) is 0 Å². The topological polar surface area (TPSA) is 75.4 Å². The molecule has 0 fully saturated rings. The van der Waals surface area contributed by atoms with Crippen LogP contribution in [0.25, 0.3) is 10.1 Å². The van der Waals surface area contributed by atoms with Gasteiger partial charge in [0.15, 0.2) is 0 Å². The van der Waals surface area contributed by atoms with Crippen molar-refractivity contribution < 1.29 is 14.0 Å². The van der Waals surface area contributed by atoms with Gasteiger partial charge in [0.05, 0.1) is 17.6 Å². The number of amides is 2. The van der Waals surface area contributed by atoms with Gasteiger partial charge in [-0.2, -0.15) is 0 Å². The molecule has 0 saturated carbocycles. The molecule has 1 aromatic heterocycles. The van der Waals surface area contributed by atoms with E-state index in [-0.39, 0.29) is 28.4 Å². The van der Waals surface area contributed by atoms with Gasteiger partial charge >= 0.3 is 0 Å². The number of halogens is 1. The number of nitrogens with two attached hydrogens (primary N) is 1. The predicted octanol–water partition coefficient (Wildman–Crippen LogP) is 1.44. The zero-order chi connectivity index (χ0) is 14.9. The summed E-state index contributed by atoms with van der Waals surface area (Å²) in [7, 11) is 2.99. The van der Waals surface area contributed by atoms with Crippen LogP contribution < -0.4 is 11.1 Å². The van der Waals surface area contributed by atoms with Gasteiger partial charge in [0.1, 0.15) is 10.7 Å². The van der Waals surface area contributed by atoms with Crippen LogP contribution in [0.3, 0.4) is 0 Å². The molecule has 1 aromatic carbocycles. The van der Waals surface area contributed by atoms with E-state index >= 15 is 0 Å². The molecular formula is C13H14FN3O2S. The number of nitrogens with zero attached hydrogens (tertiary/aromatic N) is 1. The van der Waals surface area contributed by atoms with Crippen molar-refractivity contribution >= 4 is 38.9 Å². The Kier molecular flexibility index (Phi) is 3.89. The lowest BCUT2D eigenvalue weighted by Gasteiger charge is -2.15. The first-order chi connectivity index (χ1) is 9.45. The maximum Gasteiger partial charge on any atom is 0.266 e. The third kappa shape index (κ3) is 2.44. The molecule has 20 heavy (non-hydrogen) atoms. The van der Waals surface area contributed by atoms with Crippen LogP contribution in [0.2, 0.25) is 0 Å². The summed E-state index contributed by atoms with van der Waals surface area (Å²) >= 11 is 1.12. The van der Waals surface area contributed by atoms with E-state index in [4.69, 9.17) is 5.73 Å². The molecule has 0 spiro atoms. The van der Waals surface area contributed by atoms with Crippen molar-refractivity contribution in [2.75, 3.05) is 26.4 Å². The highest BCUT2D eigenvalue weighted by atomic mass is 32.1. The number of carbonyl (C=O) groups excluding carboxylic acids is 2. The maximum atomic E-state index is 13.7. The minimum absolute atomic E-state index is 0.0779. The summed E-state index contributed by atoms with van der Waals surface area (Å²) < 4.78 is 14.3. The molecule has 0 aliphatic carbocycles. The summed E-state index contributed by atoms with van der Waals surface area (Å²) in [5.41, 5.74) is 5.99. The Morgan fingerprint density at radius 3 is 2.75 bits per heavy atom. The summed E-state index contributed by atoms with van der Waals surface area (Å²) in [6.07, 6.45) is 0. The highest BCUT2D eigenvalue weighted by molar-refractivity contribution is 7.21. The van der Waals surface area contributed by atoms with Crippen LogP contribution in [-0.4, -0.2) is 37.4 Å². The minimum Gasteiger partial charge on any atom is -0.397 e. The molecule has 1 heterocycles. The second-order valence-electron chi connectivity index (χ2n) is 4.29. The molecule has 0 saturated heterocycles. The molecule has 5 nitrogen and oxygen atoms in total. The number of rotatable bonds is 3. The molecule has 2 rings (SSSR count).